The maximum atomic E-state index is 11.7. The average molecular weight is 332 g/mol. The fourth-order valence-corrected chi connectivity index (χ4v) is 2.76. The molecule has 0 radical (unpaired) electrons. The van der Waals surface area contributed by atoms with Crippen LogP contribution >= 0.6 is 11.3 Å². The van der Waals surface area contributed by atoms with Crippen LogP contribution < -0.4 is 11.1 Å². The van der Waals surface area contributed by atoms with E-state index >= 15 is 0 Å². The van der Waals surface area contributed by atoms with Gasteiger partial charge in [-0.15, -0.1) is 16.4 Å². The number of benzene rings is 1. The lowest BCUT2D eigenvalue weighted by Crippen LogP contribution is -2.16. The first kappa shape index (κ1) is 15.4. The molecule has 3 rings (SSSR count). The number of anilines is 2. The molecule has 0 bridgehead atoms. The van der Waals surface area contributed by atoms with Gasteiger partial charge in [0.15, 0.2) is 5.13 Å². The molecular formula is C15H16N4O3S. The van der Waals surface area contributed by atoms with Crippen molar-refractivity contribution in [3.05, 3.63) is 57.3 Å². The van der Waals surface area contributed by atoms with E-state index in [0.29, 0.717) is 0 Å². The number of nitrogens with zero attached hydrogens (tertiary/aromatic N) is 3. The first-order chi connectivity index (χ1) is 11.2. The van der Waals surface area contributed by atoms with Gasteiger partial charge in [0, 0.05) is 18.2 Å². The van der Waals surface area contributed by atoms with E-state index in [1.54, 1.807) is 0 Å². The van der Waals surface area contributed by atoms with Gasteiger partial charge in [-0.25, -0.2) is 9.78 Å². The Balaban J connectivity index is 1.72. The van der Waals surface area contributed by atoms with Gasteiger partial charge >= 0.3 is 5.76 Å². The maximum Gasteiger partial charge on any atom is 0.437 e. The van der Waals surface area contributed by atoms with Crippen molar-refractivity contribution >= 4 is 22.2 Å². The molecule has 0 fully saturated rings. The molecule has 3 aromatic rings. The Kier molecular flexibility index (Phi) is 4.54. The largest absolute Gasteiger partial charge is 0.437 e. The first-order valence-electron chi connectivity index (χ1n) is 6.98. The summed E-state index contributed by atoms with van der Waals surface area (Å²) >= 11 is 1.47. The number of methoxy groups -OCH3 is 1. The topological polar surface area (TPSA) is 82.2 Å². The van der Waals surface area contributed by atoms with Crippen LogP contribution in [0.4, 0.5) is 10.8 Å². The highest BCUT2D eigenvalue weighted by molar-refractivity contribution is 7.13. The lowest BCUT2D eigenvalue weighted by Gasteiger charge is -2.05. The number of ether oxygens (including phenoxy) is 1. The monoisotopic (exact) mass is 332 g/mol. The molecule has 1 N–H and O–H groups in total. The van der Waals surface area contributed by atoms with Crippen LogP contribution in [0.5, 0.6) is 0 Å². The molecule has 23 heavy (non-hydrogen) atoms. The van der Waals surface area contributed by atoms with E-state index < -0.39 is 5.76 Å². The number of thiazole rings is 1. The molecule has 0 aliphatic rings. The molecule has 0 unspecified atom stereocenters. The quantitative estimate of drug-likeness (QED) is 0.747. The number of hydrogen-bond acceptors (Lipinski definition) is 7. The van der Waals surface area contributed by atoms with E-state index in [2.05, 4.69) is 15.4 Å². The Labute approximate surface area is 136 Å². The van der Waals surface area contributed by atoms with Gasteiger partial charge in [-0.1, -0.05) is 18.2 Å². The van der Waals surface area contributed by atoms with Crippen LogP contribution in [0.2, 0.25) is 0 Å². The summed E-state index contributed by atoms with van der Waals surface area (Å²) in [6, 6.07) is 7.98. The van der Waals surface area contributed by atoms with Crippen LogP contribution in [0, 0.1) is 6.92 Å². The van der Waals surface area contributed by atoms with Gasteiger partial charge in [0.2, 0.25) is 5.89 Å². The summed E-state index contributed by atoms with van der Waals surface area (Å²) in [6.07, 6.45) is 0. The highest BCUT2D eigenvalue weighted by atomic mass is 32.1. The zero-order valence-corrected chi connectivity index (χ0v) is 13.6. The Hall–Kier alpha value is -2.45. The summed E-state index contributed by atoms with van der Waals surface area (Å²) in [7, 11) is 1.52. The number of hydrogen-bond donors (Lipinski definition) is 1. The number of aromatic nitrogens is 3. The molecule has 0 aliphatic heterocycles. The minimum atomic E-state index is -0.515. The Morgan fingerprint density at radius 2 is 2.22 bits per heavy atom. The Morgan fingerprint density at radius 3 is 3.00 bits per heavy atom. The smallest absolute Gasteiger partial charge is 0.390 e. The van der Waals surface area contributed by atoms with Crippen molar-refractivity contribution < 1.29 is 9.15 Å². The van der Waals surface area contributed by atoms with Crippen LogP contribution in [-0.2, 0) is 17.9 Å². The molecule has 0 amide bonds. The van der Waals surface area contributed by atoms with Crippen LogP contribution in [0.25, 0.3) is 0 Å². The molecule has 120 valence electrons. The van der Waals surface area contributed by atoms with Crippen molar-refractivity contribution in [2.24, 2.45) is 0 Å². The Morgan fingerprint density at radius 1 is 1.39 bits per heavy atom. The fraction of sp³-hybridized carbons (Fsp3) is 0.267. The van der Waals surface area contributed by atoms with Crippen molar-refractivity contribution in [1.82, 2.24) is 14.8 Å². The molecule has 0 saturated carbocycles. The summed E-state index contributed by atoms with van der Waals surface area (Å²) in [6.45, 7) is 2.46. The van der Waals surface area contributed by atoms with Crippen LogP contribution in [0.15, 0.2) is 38.9 Å². The molecule has 7 nitrogen and oxygen atoms in total. The standard InChI is InChI=1S/C15H16N4O3S/c1-10-5-3-4-6-12(10)17-14-16-11(9-23-14)7-19-15(20)22-13(18-19)8-21-2/h3-6,9H,7-8H2,1-2H3,(H,16,17). The second-order valence-electron chi connectivity index (χ2n) is 4.94. The van der Waals surface area contributed by atoms with Gasteiger partial charge in [0.25, 0.3) is 0 Å². The highest BCUT2D eigenvalue weighted by Crippen LogP contribution is 2.23. The molecule has 8 heteroatoms. The van der Waals surface area contributed by atoms with Gasteiger partial charge in [-0.05, 0) is 18.6 Å². The van der Waals surface area contributed by atoms with Crippen LogP contribution in [-0.4, -0.2) is 21.9 Å². The van der Waals surface area contributed by atoms with E-state index in [0.717, 1.165) is 22.1 Å². The summed E-state index contributed by atoms with van der Waals surface area (Å²) in [5.74, 6) is -0.260. The van der Waals surface area contributed by atoms with E-state index in [1.807, 2.05) is 36.6 Å². The van der Waals surface area contributed by atoms with Crippen molar-refractivity contribution in [2.75, 3.05) is 12.4 Å². The van der Waals surface area contributed by atoms with Gasteiger partial charge in [0.1, 0.15) is 6.61 Å². The number of para-hydroxylation sites is 1. The predicted molar refractivity (Wildman–Crippen MR) is 87.2 cm³/mol. The zero-order valence-electron chi connectivity index (χ0n) is 12.8. The van der Waals surface area contributed by atoms with Crippen LogP contribution in [0.1, 0.15) is 17.1 Å². The minimum Gasteiger partial charge on any atom is -0.390 e. The van der Waals surface area contributed by atoms with Crippen molar-refractivity contribution in [3.8, 4) is 0 Å². The molecule has 2 aromatic heterocycles. The lowest BCUT2D eigenvalue weighted by molar-refractivity contribution is 0.158. The van der Waals surface area contributed by atoms with E-state index in [9.17, 15) is 4.79 Å². The van der Waals surface area contributed by atoms with Crippen molar-refractivity contribution in [2.45, 2.75) is 20.1 Å². The number of rotatable bonds is 6. The third-order valence-corrected chi connectivity index (χ3v) is 3.97. The second-order valence-corrected chi connectivity index (χ2v) is 5.79. The highest BCUT2D eigenvalue weighted by Gasteiger charge is 2.10. The fourth-order valence-electron chi connectivity index (χ4n) is 2.05. The normalized spacial score (nSPS) is 10.9. The summed E-state index contributed by atoms with van der Waals surface area (Å²) in [4.78, 5) is 16.2. The second kappa shape index (κ2) is 6.76. The van der Waals surface area contributed by atoms with Gasteiger partial charge in [-0.2, -0.15) is 4.68 Å². The van der Waals surface area contributed by atoms with Crippen molar-refractivity contribution in [1.29, 1.82) is 0 Å². The molecule has 0 spiro atoms. The SMILES string of the molecule is COCc1nn(Cc2csc(Nc3ccccc3C)n2)c(=O)o1. The van der Waals surface area contributed by atoms with Gasteiger partial charge < -0.3 is 14.5 Å². The van der Waals surface area contributed by atoms with Gasteiger partial charge in [-0.3, -0.25) is 0 Å². The Bertz CT molecular complexity index is 852. The summed E-state index contributed by atoms with van der Waals surface area (Å²) in [5.41, 5.74) is 2.89. The number of nitrogens with one attached hydrogen (secondary N) is 1. The third kappa shape index (κ3) is 3.66. The average Bonchev–Trinajstić information content (AvgIpc) is 3.10. The maximum absolute atomic E-state index is 11.7. The van der Waals surface area contributed by atoms with Gasteiger partial charge in [0.05, 0.1) is 12.2 Å². The van der Waals surface area contributed by atoms with E-state index in [1.165, 1.54) is 23.1 Å². The minimum absolute atomic E-state index is 0.166. The molecule has 0 aliphatic carbocycles. The molecule has 1 aromatic carbocycles. The molecule has 2 heterocycles. The third-order valence-electron chi connectivity index (χ3n) is 3.17. The lowest BCUT2D eigenvalue weighted by atomic mass is 10.2. The molecule has 0 atom stereocenters. The van der Waals surface area contributed by atoms with Crippen molar-refractivity contribution in [3.63, 3.8) is 0 Å². The predicted octanol–water partition coefficient (Wildman–Crippen LogP) is 2.54. The molecular weight excluding hydrogens is 316 g/mol. The number of aryl methyl sites for hydroxylation is 1. The zero-order chi connectivity index (χ0) is 16.2. The summed E-state index contributed by atoms with van der Waals surface area (Å²) in [5, 5.41) is 9.99. The first-order valence-corrected chi connectivity index (χ1v) is 7.86. The van der Waals surface area contributed by atoms with Crippen LogP contribution in [0.3, 0.4) is 0 Å². The summed E-state index contributed by atoms with van der Waals surface area (Å²) < 4.78 is 11.1. The molecule has 0 saturated heterocycles. The van der Waals surface area contributed by atoms with E-state index in [-0.39, 0.29) is 19.0 Å². The van der Waals surface area contributed by atoms with E-state index in [4.69, 9.17) is 9.15 Å².